The van der Waals surface area contributed by atoms with Crippen LogP contribution in [0.15, 0.2) is 21.3 Å². The van der Waals surface area contributed by atoms with Crippen molar-refractivity contribution in [1.82, 2.24) is 4.98 Å². The van der Waals surface area contributed by atoms with Gasteiger partial charge in [0, 0.05) is 0 Å². The molecule has 2 aromatic rings. The Balaban J connectivity index is 2.87. The summed E-state index contributed by atoms with van der Waals surface area (Å²) in [5.41, 5.74) is 3.63. The highest BCUT2D eigenvalue weighted by Gasteiger charge is 2.11. The van der Waals surface area contributed by atoms with Gasteiger partial charge in [-0.05, 0) is 24.0 Å². The minimum absolute atomic E-state index is 0.379. The van der Waals surface area contributed by atoms with Crippen LogP contribution in [0.2, 0.25) is 0 Å². The van der Waals surface area contributed by atoms with E-state index in [1.165, 1.54) is 0 Å². The molecule has 1 heterocycles. The van der Waals surface area contributed by atoms with Gasteiger partial charge in [-0.1, -0.05) is 26.0 Å². The Bertz CT molecular complexity index is 520. The number of hydrogen-bond donors (Lipinski definition) is 1. The highest BCUT2D eigenvalue weighted by Crippen LogP contribution is 2.25. The van der Waals surface area contributed by atoms with E-state index in [0.29, 0.717) is 11.5 Å². The van der Waals surface area contributed by atoms with Crippen LogP contribution in [0.1, 0.15) is 30.9 Å². The van der Waals surface area contributed by atoms with Gasteiger partial charge in [0.15, 0.2) is 5.58 Å². The number of benzene rings is 1. The van der Waals surface area contributed by atoms with E-state index in [4.69, 9.17) is 4.42 Å². The summed E-state index contributed by atoms with van der Waals surface area (Å²) in [6.07, 6.45) is 0. The summed E-state index contributed by atoms with van der Waals surface area (Å²) in [7, 11) is 0. The number of aromatic nitrogens is 1. The number of nitrogens with one attached hydrogen (secondary N) is 1. The monoisotopic (exact) mass is 191 g/mol. The van der Waals surface area contributed by atoms with Gasteiger partial charge in [-0.25, -0.2) is 4.79 Å². The Morgan fingerprint density at radius 2 is 2.07 bits per heavy atom. The maximum atomic E-state index is 11.1. The van der Waals surface area contributed by atoms with Gasteiger partial charge in [0.05, 0.1) is 5.52 Å². The topological polar surface area (TPSA) is 46.0 Å². The van der Waals surface area contributed by atoms with Crippen molar-refractivity contribution in [2.24, 2.45) is 0 Å². The number of H-pyrrole nitrogens is 1. The maximum Gasteiger partial charge on any atom is 0.417 e. The molecule has 14 heavy (non-hydrogen) atoms. The second kappa shape index (κ2) is 3.01. The van der Waals surface area contributed by atoms with E-state index < -0.39 is 0 Å². The van der Waals surface area contributed by atoms with E-state index in [0.717, 1.165) is 16.6 Å². The second-order valence-corrected chi connectivity index (χ2v) is 3.85. The Morgan fingerprint density at radius 1 is 1.36 bits per heavy atom. The first-order valence-electron chi connectivity index (χ1n) is 4.72. The smallest absolute Gasteiger partial charge is 0.408 e. The molecule has 1 aromatic carbocycles. The highest BCUT2D eigenvalue weighted by atomic mass is 16.4. The minimum atomic E-state index is -0.379. The van der Waals surface area contributed by atoms with Crippen molar-refractivity contribution in [3.8, 4) is 0 Å². The standard InChI is InChI=1S/C11H13NO2/c1-6(2)8-5-4-7(3)10-9(8)12-11(13)14-10/h4-6H,1-3H3,(H,12,13). The third-order valence-corrected chi connectivity index (χ3v) is 2.43. The van der Waals surface area contributed by atoms with E-state index >= 15 is 0 Å². The van der Waals surface area contributed by atoms with E-state index in [-0.39, 0.29) is 5.76 Å². The quantitative estimate of drug-likeness (QED) is 0.752. The lowest BCUT2D eigenvalue weighted by molar-refractivity contribution is 0.553. The fourth-order valence-corrected chi connectivity index (χ4v) is 1.66. The molecule has 0 saturated heterocycles. The fourth-order valence-electron chi connectivity index (χ4n) is 1.66. The maximum absolute atomic E-state index is 11.1. The molecule has 1 aromatic heterocycles. The molecule has 0 radical (unpaired) electrons. The molecule has 3 nitrogen and oxygen atoms in total. The lowest BCUT2D eigenvalue weighted by Gasteiger charge is -2.06. The minimum Gasteiger partial charge on any atom is -0.408 e. The number of rotatable bonds is 1. The van der Waals surface area contributed by atoms with Crippen LogP contribution in [0.4, 0.5) is 0 Å². The van der Waals surface area contributed by atoms with Crippen LogP contribution in [0.5, 0.6) is 0 Å². The molecule has 0 unspecified atom stereocenters. The van der Waals surface area contributed by atoms with Gasteiger partial charge in [0.1, 0.15) is 0 Å². The van der Waals surface area contributed by atoms with Crippen molar-refractivity contribution in [2.75, 3.05) is 0 Å². The summed E-state index contributed by atoms with van der Waals surface area (Å²) in [5, 5.41) is 0. The zero-order valence-electron chi connectivity index (χ0n) is 8.55. The van der Waals surface area contributed by atoms with Gasteiger partial charge in [0.2, 0.25) is 0 Å². The SMILES string of the molecule is Cc1ccc(C(C)C)c2[nH]c(=O)oc12. The van der Waals surface area contributed by atoms with Gasteiger partial charge in [-0.3, -0.25) is 4.98 Å². The normalized spacial score (nSPS) is 11.4. The van der Waals surface area contributed by atoms with Crippen molar-refractivity contribution < 1.29 is 4.42 Å². The summed E-state index contributed by atoms with van der Waals surface area (Å²) < 4.78 is 5.08. The van der Waals surface area contributed by atoms with Crippen molar-refractivity contribution in [2.45, 2.75) is 26.7 Å². The zero-order chi connectivity index (χ0) is 10.3. The van der Waals surface area contributed by atoms with Crippen LogP contribution in [0.25, 0.3) is 11.1 Å². The number of oxazole rings is 1. The average molecular weight is 191 g/mol. The first kappa shape index (κ1) is 9.06. The summed E-state index contributed by atoms with van der Waals surface area (Å²) in [6, 6.07) is 4.02. The number of aryl methyl sites for hydroxylation is 1. The summed E-state index contributed by atoms with van der Waals surface area (Å²) >= 11 is 0. The Labute approximate surface area is 81.7 Å². The summed E-state index contributed by atoms with van der Waals surface area (Å²) in [5.74, 6) is 0.00236. The van der Waals surface area contributed by atoms with Gasteiger partial charge < -0.3 is 4.42 Å². The second-order valence-electron chi connectivity index (χ2n) is 3.85. The number of aromatic amines is 1. The molecule has 1 N–H and O–H groups in total. The molecule has 0 aliphatic rings. The first-order chi connectivity index (χ1) is 6.59. The summed E-state index contributed by atoms with van der Waals surface area (Å²) in [6.45, 7) is 6.12. The number of fused-ring (bicyclic) bond motifs is 1. The zero-order valence-corrected chi connectivity index (χ0v) is 8.55. The third kappa shape index (κ3) is 1.25. The van der Waals surface area contributed by atoms with Gasteiger partial charge in [0.25, 0.3) is 0 Å². The molecule has 0 fully saturated rings. The van der Waals surface area contributed by atoms with Crippen molar-refractivity contribution >= 4 is 11.1 Å². The van der Waals surface area contributed by atoms with Gasteiger partial charge >= 0.3 is 5.76 Å². The molecule has 74 valence electrons. The highest BCUT2D eigenvalue weighted by molar-refractivity contribution is 5.79. The molecule has 0 aliphatic heterocycles. The Morgan fingerprint density at radius 3 is 2.71 bits per heavy atom. The predicted molar refractivity (Wildman–Crippen MR) is 55.7 cm³/mol. The lowest BCUT2D eigenvalue weighted by Crippen LogP contribution is -1.95. The van der Waals surface area contributed by atoms with E-state index in [1.807, 2.05) is 19.1 Å². The molecule has 0 saturated carbocycles. The molecule has 2 rings (SSSR count). The molecular formula is C11H13NO2. The third-order valence-electron chi connectivity index (χ3n) is 2.43. The van der Waals surface area contributed by atoms with Crippen LogP contribution >= 0.6 is 0 Å². The van der Waals surface area contributed by atoms with Gasteiger partial charge in [-0.15, -0.1) is 0 Å². The van der Waals surface area contributed by atoms with Crippen molar-refractivity contribution in [3.05, 3.63) is 33.8 Å². The Kier molecular flexibility index (Phi) is 1.95. The first-order valence-corrected chi connectivity index (χ1v) is 4.72. The Hall–Kier alpha value is -1.51. The van der Waals surface area contributed by atoms with Crippen molar-refractivity contribution in [3.63, 3.8) is 0 Å². The largest absolute Gasteiger partial charge is 0.417 e. The molecule has 0 amide bonds. The molecular weight excluding hydrogens is 178 g/mol. The van der Waals surface area contributed by atoms with Crippen LogP contribution in [-0.4, -0.2) is 4.98 Å². The van der Waals surface area contributed by atoms with E-state index in [2.05, 4.69) is 18.8 Å². The molecule has 0 atom stereocenters. The summed E-state index contributed by atoms with van der Waals surface area (Å²) in [4.78, 5) is 13.8. The average Bonchev–Trinajstić information content (AvgIpc) is 2.47. The van der Waals surface area contributed by atoms with Crippen LogP contribution in [0.3, 0.4) is 0 Å². The van der Waals surface area contributed by atoms with Crippen LogP contribution in [-0.2, 0) is 0 Å². The van der Waals surface area contributed by atoms with E-state index in [9.17, 15) is 4.79 Å². The van der Waals surface area contributed by atoms with E-state index in [1.54, 1.807) is 0 Å². The molecule has 0 aliphatic carbocycles. The predicted octanol–water partition coefficient (Wildman–Crippen LogP) is 2.55. The van der Waals surface area contributed by atoms with Crippen LogP contribution in [0, 0.1) is 6.92 Å². The number of hydrogen-bond acceptors (Lipinski definition) is 2. The van der Waals surface area contributed by atoms with Crippen molar-refractivity contribution in [1.29, 1.82) is 0 Å². The molecule has 0 bridgehead atoms. The molecule has 3 heteroatoms. The van der Waals surface area contributed by atoms with Gasteiger partial charge in [-0.2, -0.15) is 0 Å². The lowest BCUT2D eigenvalue weighted by atomic mass is 10.0. The molecule has 0 spiro atoms. The fraction of sp³-hybridized carbons (Fsp3) is 0.364. The van der Waals surface area contributed by atoms with Crippen LogP contribution < -0.4 is 5.76 Å².